The predicted molar refractivity (Wildman–Crippen MR) is 134 cm³/mol. The molecule has 1 aliphatic rings. The standard InChI is InChI=1S/C28H22N4O2/c33-27-24-16-8-10-18-26(24)30(19-21-11-3-1-4-12-21)32(27)31-25-17-9-7-13-22(25)20-29(28(31)34)23-14-5-2-6-15-23/h1-18H,19-20H2. The van der Waals surface area contributed by atoms with Gasteiger partial charge in [-0.2, -0.15) is 5.01 Å². The van der Waals surface area contributed by atoms with Crippen molar-refractivity contribution < 1.29 is 4.79 Å². The van der Waals surface area contributed by atoms with Crippen LogP contribution in [0.3, 0.4) is 0 Å². The minimum atomic E-state index is -0.274. The summed E-state index contributed by atoms with van der Waals surface area (Å²) in [6.07, 6.45) is 0. The van der Waals surface area contributed by atoms with Crippen molar-refractivity contribution in [1.29, 1.82) is 0 Å². The van der Waals surface area contributed by atoms with Crippen molar-refractivity contribution in [1.82, 2.24) is 9.47 Å². The molecule has 1 aliphatic heterocycles. The third kappa shape index (κ3) is 3.19. The fraction of sp³-hybridized carbons (Fsp3) is 0.0714. The van der Waals surface area contributed by atoms with Crippen LogP contribution in [0.25, 0.3) is 10.9 Å². The van der Waals surface area contributed by atoms with E-state index in [1.807, 2.05) is 114 Å². The SMILES string of the molecule is O=C1N(c2ccccc2)Cc2ccccc2N1n1c(=O)c2ccccc2n1Cc1ccccc1. The van der Waals surface area contributed by atoms with Gasteiger partial charge in [-0.1, -0.05) is 78.9 Å². The highest BCUT2D eigenvalue weighted by atomic mass is 16.2. The summed E-state index contributed by atoms with van der Waals surface area (Å²) in [7, 11) is 0. The molecule has 2 heterocycles. The normalized spacial score (nSPS) is 13.4. The molecule has 0 saturated carbocycles. The third-order valence-electron chi connectivity index (χ3n) is 6.22. The van der Waals surface area contributed by atoms with E-state index in [-0.39, 0.29) is 11.6 Å². The fourth-order valence-electron chi connectivity index (χ4n) is 4.61. The molecule has 0 fully saturated rings. The number of aromatic nitrogens is 2. The van der Waals surface area contributed by atoms with Gasteiger partial charge in [0.25, 0.3) is 5.56 Å². The Morgan fingerprint density at radius 3 is 2.12 bits per heavy atom. The Kier molecular flexibility index (Phi) is 4.77. The van der Waals surface area contributed by atoms with Crippen LogP contribution in [0.5, 0.6) is 0 Å². The lowest BCUT2D eigenvalue weighted by Gasteiger charge is -2.37. The number of urea groups is 1. The molecule has 1 aromatic heterocycles. The summed E-state index contributed by atoms with van der Waals surface area (Å²) in [6, 6.07) is 34.5. The summed E-state index contributed by atoms with van der Waals surface area (Å²) in [4.78, 5) is 31.0. The van der Waals surface area contributed by atoms with Crippen LogP contribution >= 0.6 is 0 Å². The lowest BCUT2D eigenvalue weighted by molar-refractivity contribution is 0.245. The zero-order valence-electron chi connectivity index (χ0n) is 18.4. The van der Waals surface area contributed by atoms with E-state index in [1.165, 1.54) is 9.80 Å². The molecule has 0 spiro atoms. The number of anilines is 2. The predicted octanol–water partition coefficient (Wildman–Crippen LogP) is 5.26. The van der Waals surface area contributed by atoms with Crippen LogP contribution in [0.2, 0.25) is 0 Å². The fourth-order valence-corrected chi connectivity index (χ4v) is 4.61. The average Bonchev–Trinajstić information content (AvgIpc) is 3.16. The number of hydrogen-bond acceptors (Lipinski definition) is 2. The first-order chi connectivity index (χ1) is 16.7. The maximum absolute atomic E-state index is 14.0. The van der Waals surface area contributed by atoms with Crippen molar-refractivity contribution in [2.45, 2.75) is 13.1 Å². The molecule has 4 aromatic carbocycles. The van der Waals surface area contributed by atoms with Gasteiger partial charge < -0.3 is 0 Å². The molecular weight excluding hydrogens is 424 g/mol. The van der Waals surface area contributed by atoms with Crippen LogP contribution in [0, 0.1) is 0 Å². The molecule has 0 aliphatic carbocycles. The number of carbonyl (C=O) groups excluding carboxylic acids is 1. The molecule has 0 saturated heterocycles. The van der Waals surface area contributed by atoms with E-state index < -0.39 is 0 Å². The van der Waals surface area contributed by atoms with Gasteiger partial charge in [0.1, 0.15) is 0 Å². The molecule has 5 aromatic rings. The van der Waals surface area contributed by atoms with Crippen molar-refractivity contribution in [2.24, 2.45) is 0 Å². The van der Waals surface area contributed by atoms with Crippen molar-refractivity contribution in [2.75, 3.05) is 9.91 Å². The summed E-state index contributed by atoms with van der Waals surface area (Å²) in [6.45, 7) is 0.879. The van der Waals surface area contributed by atoms with Crippen LogP contribution in [0.4, 0.5) is 16.2 Å². The van der Waals surface area contributed by atoms with Gasteiger partial charge in [-0.3, -0.25) is 14.4 Å². The summed E-state index contributed by atoms with van der Waals surface area (Å²) in [5.74, 6) is 0. The summed E-state index contributed by atoms with van der Waals surface area (Å²) in [5, 5.41) is 2.08. The molecule has 6 nitrogen and oxygen atoms in total. The molecule has 0 atom stereocenters. The minimum Gasteiger partial charge on any atom is -0.288 e. The van der Waals surface area contributed by atoms with E-state index in [1.54, 1.807) is 4.90 Å². The minimum absolute atomic E-state index is 0.232. The van der Waals surface area contributed by atoms with Crippen molar-refractivity contribution in [3.63, 3.8) is 0 Å². The third-order valence-corrected chi connectivity index (χ3v) is 6.22. The first-order valence-electron chi connectivity index (χ1n) is 11.2. The number of fused-ring (bicyclic) bond motifs is 2. The van der Waals surface area contributed by atoms with Gasteiger partial charge in [-0.05, 0) is 41.5 Å². The first kappa shape index (κ1) is 20.1. The van der Waals surface area contributed by atoms with Gasteiger partial charge in [0.05, 0.1) is 29.7 Å². The molecule has 0 N–H and O–H groups in total. The van der Waals surface area contributed by atoms with Gasteiger partial charge in [0, 0.05) is 5.69 Å². The molecule has 0 radical (unpaired) electrons. The van der Waals surface area contributed by atoms with E-state index in [2.05, 4.69) is 0 Å². The smallest absolute Gasteiger partial charge is 0.288 e. The maximum Gasteiger partial charge on any atom is 0.350 e. The second-order valence-electron chi connectivity index (χ2n) is 8.30. The summed E-state index contributed by atoms with van der Waals surface area (Å²) in [5.41, 5.74) is 4.04. The van der Waals surface area contributed by atoms with E-state index in [0.717, 1.165) is 22.3 Å². The summed E-state index contributed by atoms with van der Waals surface area (Å²) >= 11 is 0. The van der Waals surface area contributed by atoms with E-state index in [9.17, 15) is 9.59 Å². The van der Waals surface area contributed by atoms with Crippen LogP contribution in [-0.4, -0.2) is 15.5 Å². The average molecular weight is 447 g/mol. The van der Waals surface area contributed by atoms with Crippen LogP contribution in [0.1, 0.15) is 11.1 Å². The quantitative estimate of drug-likeness (QED) is 0.378. The van der Waals surface area contributed by atoms with E-state index in [0.29, 0.717) is 24.2 Å². The summed E-state index contributed by atoms with van der Waals surface area (Å²) < 4.78 is 1.89. The Balaban J connectivity index is 1.60. The number of benzene rings is 4. The van der Waals surface area contributed by atoms with E-state index in [4.69, 9.17) is 0 Å². The topological polar surface area (TPSA) is 50.5 Å². The number of carbonyl (C=O) groups is 1. The highest BCUT2D eigenvalue weighted by molar-refractivity contribution is 6.06. The molecule has 2 amide bonds. The number of amides is 2. The molecule has 34 heavy (non-hydrogen) atoms. The lowest BCUT2D eigenvalue weighted by Crippen LogP contribution is -2.54. The first-order valence-corrected chi connectivity index (χ1v) is 11.2. The van der Waals surface area contributed by atoms with Crippen LogP contribution < -0.4 is 15.5 Å². The highest BCUT2D eigenvalue weighted by Gasteiger charge is 2.35. The number of hydrogen-bond donors (Lipinski definition) is 0. The number of para-hydroxylation sites is 3. The zero-order chi connectivity index (χ0) is 23.1. The Bertz CT molecular complexity index is 1550. The van der Waals surface area contributed by atoms with Crippen LogP contribution in [0.15, 0.2) is 114 Å². The maximum atomic E-state index is 14.0. The Hall–Kier alpha value is -4.58. The second-order valence-corrected chi connectivity index (χ2v) is 8.30. The lowest BCUT2D eigenvalue weighted by atomic mass is 10.1. The molecule has 166 valence electrons. The van der Waals surface area contributed by atoms with Crippen molar-refractivity contribution in [3.05, 3.63) is 131 Å². The van der Waals surface area contributed by atoms with Gasteiger partial charge >= 0.3 is 6.03 Å². The Morgan fingerprint density at radius 2 is 1.32 bits per heavy atom. The second kappa shape index (κ2) is 8.08. The van der Waals surface area contributed by atoms with Gasteiger partial charge in [0.2, 0.25) is 0 Å². The van der Waals surface area contributed by atoms with E-state index >= 15 is 0 Å². The van der Waals surface area contributed by atoms with Crippen molar-refractivity contribution >= 4 is 28.3 Å². The number of nitrogens with zero attached hydrogens (tertiary/aromatic N) is 4. The zero-order valence-corrected chi connectivity index (χ0v) is 18.4. The molecule has 6 rings (SSSR count). The Labute approximate surface area is 196 Å². The highest BCUT2D eigenvalue weighted by Crippen LogP contribution is 2.32. The van der Waals surface area contributed by atoms with Gasteiger partial charge in [0.15, 0.2) is 0 Å². The number of rotatable bonds is 4. The van der Waals surface area contributed by atoms with Gasteiger partial charge in [-0.15, -0.1) is 4.79 Å². The molecule has 6 heteroatoms. The van der Waals surface area contributed by atoms with Crippen molar-refractivity contribution in [3.8, 4) is 0 Å². The molecular formula is C28H22N4O2. The van der Waals surface area contributed by atoms with Crippen LogP contribution in [-0.2, 0) is 13.1 Å². The molecule has 0 unspecified atom stereocenters. The monoisotopic (exact) mass is 446 g/mol. The molecule has 0 bridgehead atoms. The Morgan fingerprint density at radius 1 is 0.676 bits per heavy atom. The van der Waals surface area contributed by atoms with Gasteiger partial charge in [-0.25, -0.2) is 4.79 Å². The largest absolute Gasteiger partial charge is 0.350 e.